The van der Waals surface area contributed by atoms with Gasteiger partial charge >= 0.3 is 12.0 Å². The van der Waals surface area contributed by atoms with Gasteiger partial charge in [0.2, 0.25) is 0 Å². The number of rotatable bonds is 4. The molecule has 0 saturated carbocycles. The zero-order valence-corrected chi connectivity index (χ0v) is 14.9. The molecule has 1 aromatic carbocycles. The Balaban J connectivity index is 2.13. The van der Waals surface area contributed by atoms with Gasteiger partial charge in [0.25, 0.3) is 0 Å². The van der Waals surface area contributed by atoms with Crippen LogP contribution in [0.4, 0.5) is 16.3 Å². The van der Waals surface area contributed by atoms with Crippen LogP contribution >= 0.6 is 23.2 Å². The summed E-state index contributed by atoms with van der Waals surface area (Å²) in [5.74, 6) is -0.00481. The van der Waals surface area contributed by atoms with Crippen molar-refractivity contribution in [1.29, 1.82) is 0 Å². The van der Waals surface area contributed by atoms with Crippen LogP contribution in [0.2, 0.25) is 10.0 Å². The Labute approximate surface area is 149 Å². The van der Waals surface area contributed by atoms with Crippen LogP contribution in [0.15, 0.2) is 18.2 Å². The number of ether oxygens (including phenoxy) is 1. The molecule has 1 aromatic heterocycles. The normalized spacial score (nSPS) is 10.4. The Morgan fingerprint density at radius 2 is 1.88 bits per heavy atom. The molecule has 0 atom stereocenters. The highest BCUT2D eigenvalue weighted by Crippen LogP contribution is 2.26. The maximum atomic E-state index is 12.1. The molecule has 0 saturated heterocycles. The monoisotopic (exact) mass is 369 g/mol. The van der Waals surface area contributed by atoms with E-state index in [2.05, 4.69) is 15.6 Å². The number of nitrogens with one attached hydrogen (secondary N) is 3. The fourth-order valence-corrected chi connectivity index (χ4v) is 2.53. The van der Waals surface area contributed by atoms with Crippen molar-refractivity contribution >= 4 is 46.7 Å². The number of carbonyl (C=O) groups is 2. The van der Waals surface area contributed by atoms with E-state index in [0.717, 1.165) is 0 Å². The lowest BCUT2D eigenvalue weighted by Crippen LogP contribution is -2.20. The second-order valence-corrected chi connectivity index (χ2v) is 5.87. The largest absolute Gasteiger partial charge is 0.462 e. The first-order chi connectivity index (χ1) is 11.3. The van der Waals surface area contributed by atoms with Crippen molar-refractivity contribution in [3.8, 4) is 0 Å². The number of esters is 1. The predicted octanol–water partition coefficient (Wildman–Crippen LogP) is 4.76. The van der Waals surface area contributed by atoms with Gasteiger partial charge in [-0.05, 0) is 39.0 Å². The molecule has 2 rings (SSSR count). The highest BCUT2D eigenvalue weighted by molar-refractivity contribution is 6.42. The van der Waals surface area contributed by atoms with Gasteiger partial charge in [-0.3, -0.25) is 5.32 Å². The van der Waals surface area contributed by atoms with Crippen molar-refractivity contribution in [2.45, 2.75) is 20.8 Å². The van der Waals surface area contributed by atoms with Crippen molar-refractivity contribution in [1.82, 2.24) is 4.98 Å². The Morgan fingerprint density at radius 1 is 1.17 bits per heavy atom. The third-order valence-corrected chi connectivity index (χ3v) is 4.07. The van der Waals surface area contributed by atoms with Gasteiger partial charge in [0.1, 0.15) is 5.82 Å². The number of aromatic amines is 1. The summed E-state index contributed by atoms with van der Waals surface area (Å²) in [6.45, 7) is 5.48. The van der Waals surface area contributed by atoms with Crippen LogP contribution in [0.1, 0.15) is 28.5 Å². The molecule has 0 unspecified atom stereocenters. The summed E-state index contributed by atoms with van der Waals surface area (Å²) >= 11 is 11.7. The standard InChI is InChI=1S/C16H17Cl2N3O3/c1-4-24-15(22)13-8(2)14(19-9(13)3)21-16(23)20-10-5-6-11(17)12(18)7-10/h5-7,19H,4H2,1-3H3,(H2,20,21,23). The van der Waals surface area contributed by atoms with Crippen LogP contribution < -0.4 is 10.6 Å². The second kappa shape index (κ2) is 7.59. The van der Waals surface area contributed by atoms with Gasteiger partial charge in [-0.2, -0.15) is 0 Å². The van der Waals surface area contributed by atoms with E-state index in [-0.39, 0.29) is 6.61 Å². The van der Waals surface area contributed by atoms with E-state index < -0.39 is 12.0 Å². The second-order valence-electron chi connectivity index (χ2n) is 5.05. The first-order valence-electron chi connectivity index (χ1n) is 7.22. The Kier molecular flexibility index (Phi) is 5.75. The van der Waals surface area contributed by atoms with Crippen molar-refractivity contribution in [2.75, 3.05) is 17.2 Å². The Morgan fingerprint density at radius 3 is 2.50 bits per heavy atom. The van der Waals surface area contributed by atoms with Crippen molar-refractivity contribution < 1.29 is 14.3 Å². The topological polar surface area (TPSA) is 83.2 Å². The lowest BCUT2D eigenvalue weighted by molar-refractivity contribution is 0.0525. The maximum absolute atomic E-state index is 12.1. The number of hydrogen-bond donors (Lipinski definition) is 3. The van der Waals surface area contributed by atoms with E-state index in [9.17, 15) is 9.59 Å². The number of aromatic nitrogens is 1. The third-order valence-electron chi connectivity index (χ3n) is 3.33. The first kappa shape index (κ1) is 18.2. The molecule has 0 aliphatic heterocycles. The van der Waals surface area contributed by atoms with Crippen LogP contribution in [0.25, 0.3) is 0 Å². The van der Waals surface area contributed by atoms with Crippen LogP contribution in [-0.2, 0) is 4.74 Å². The summed E-state index contributed by atoms with van der Waals surface area (Å²) in [6, 6.07) is 4.28. The molecule has 24 heavy (non-hydrogen) atoms. The van der Waals surface area contributed by atoms with Gasteiger partial charge in [0.05, 0.1) is 22.2 Å². The fraction of sp³-hybridized carbons (Fsp3) is 0.250. The Hall–Kier alpha value is -2.18. The smallest absolute Gasteiger partial charge is 0.340 e. The number of urea groups is 1. The minimum Gasteiger partial charge on any atom is -0.462 e. The van der Waals surface area contributed by atoms with Crippen LogP contribution in [0.3, 0.4) is 0 Å². The molecule has 3 N–H and O–H groups in total. The molecule has 0 aliphatic rings. The quantitative estimate of drug-likeness (QED) is 0.679. The van der Waals surface area contributed by atoms with E-state index in [0.29, 0.717) is 38.4 Å². The minimum atomic E-state index is -0.479. The summed E-state index contributed by atoms with van der Waals surface area (Å²) in [5, 5.41) is 6.04. The van der Waals surface area contributed by atoms with Gasteiger partial charge in [0.15, 0.2) is 0 Å². The van der Waals surface area contributed by atoms with Crippen molar-refractivity contribution in [2.24, 2.45) is 0 Å². The zero-order valence-electron chi connectivity index (χ0n) is 13.4. The van der Waals surface area contributed by atoms with Gasteiger partial charge in [-0.1, -0.05) is 23.2 Å². The van der Waals surface area contributed by atoms with E-state index >= 15 is 0 Å². The zero-order chi connectivity index (χ0) is 17.9. The van der Waals surface area contributed by atoms with Crippen LogP contribution in [-0.4, -0.2) is 23.6 Å². The Bertz CT molecular complexity index is 787. The van der Waals surface area contributed by atoms with Gasteiger partial charge < -0.3 is 15.0 Å². The van der Waals surface area contributed by atoms with E-state index in [1.54, 1.807) is 39.0 Å². The number of H-pyrrole nitrogens is 1. The van der Waals surface area contributed by atoms with Gasteiger partial charge in [0, 0.05) is 16.9 Å². The van der Waals surface area contributed by atoms with Crippen LogP contribution in [0.5, 0.6) is 0 Å². The third kappa shape index (κ3) is 4.01. The molecule has 0 fully saturated rings. The summed E-state index contributed by atoms with van der Waals surface area (Å²) in [6.07, 6.45) is 0. The molecule has 8 heteroatoms. The lowest BCUT2D eigenvalue weighted by atomic mass is 10.1. The molecule has 0 aliphatic carbocycles. The highest BCUT2D eigenvalue weighted by atomic mass is 35.5. The summed E-state index contributed by atoms with van der Waals surface area (Å²) in [7, 11) is 0. The molecular weight excluding hydrogens is 353 g/mol. The minimum absolute atomic E-state index is 0.281. The molecule has 0 spiro atoms. The number of aryl methyl sites for hydroxylation is 1. The fourth-order valence-electron chi connectivity index (χ4n) is 2.23. The number of carbonyl (C=O) groups excluding carboxylic acids is 2. The molecule has 0 bridgehead atoms. The number of benzene rings is 1. The summed E-state index contributed by atoms with van der Waals surface area (Å²) in [5.41, 5.74) is 2.14. The van der Waals surface area contributed by atoms with Gasteiger partial charge in [-0.25, -0.2) is 9.59 Å². The van der Waals surface area contributed by atoms with E-state index in [4.69, 9.17) is 27.9 Å². The molecule has 1 heterocycles. The number of halogens is 2. The number of amides is 2. The summed E-state index contributed by atoms with van der Waals surface area (Å²) < 4.78 is 5.01. The van der Waals surface area contributed by atoms with Gasteiger partial charge in [-0.15, -0.1) is 0 Å². The molecule has 2 aromatic rings. The maximum Gasteiger partial charge on any atom is 0.340 e. The average molecular weight is 370 g/mol. The number of hydrogen-bond acceptors (Lipinski definition) is 3. The van der Waals surface area contributed by atoms with Crippen molar-refractivity contribution in [3.63, 3.8) is 0 Å². The SMILES string of the molecule is CCOC(=O)c1c(C)[nH]c(NC(=O)Nc2ccc(Cl)c(Cl)c2)c1C. The lowest BCUT2D eigenvalue weighted by Gasteiger charge is -2.08. The molecular formula is C16H17Cl2N3O3. The molecule has 0 radical (unpaired) electrons. The van der Waals surface area contributed by atoms with E-state index in [1.807, 2.05) is 0 Å². The highest BCUT2D eigenvalue weighted by Gasteiger charge is 2.20. The first-order valence-corrected chi connectivity index (χ1v) is 7.98. The molecule has 2 amide bonds. The number of anilines is 2. The van der Waals surface area contributed by atoms with Crippen LogP contribution in [0, 0.1) is 13.8 Å². The average Bonchev–Trinajstić information content (AvgIpc) is 2.77. The van der Waals surface area contributed by atoms with Crippen molar-refractivity contribution in [3.05, 3.63) is 45.1 Å². The van der Waals surface area contributed by atoms with E-state index in [1.165, 1.54) is 0 Å². The molecule has 128 valence electrons. The molecule has 6 nitrogen and oxygen atoms in total. The predicted molar refractivity (Wildman–Crippen MR) is 95.3 cm³/mol. The summed E-state index contributed by atoms with van der Waals surface area (Å²) in [4.78, 5) is 27.0.